The molecule has 2 amide bonds. The highest BCUT2D eigenvalue weighted by atomic mass is 35.5. The van der Waals surface area contributed by atoms with E-state index in [1.165, 1.54) is 38.1 Å². The first kappa shape index (κ1) is 19.9. The van der Waals surface area contributed by atoms with Crippen molar-refractivity contribution in [2.45, 2.75) is 24.8 Å². The Balaban J connectivity index is 2.03. The van der Waals surface area contributed by atoms with Crippen LogP contribution in [0.4, 0.5) is 11.4 Å². The number of benzene rings is 2. The van der Waals surface area contributed by atoms with Gasteiger partial charge in [0.15, 0.2) is 0 Å². The number of hydrogen-bond acceptors (Lipinski definition) is 4. The van der Waals surface area contributed by atoms with E-state index >= 15 is 0 Å². The molecule has 0 radical (unpaired) electrons. The second kappa shape index (κ2) is 8.31. The molecule has 1 atom stereocenters. The van der Waals surface area contributed by atoms with E-state index in [2.05, 4.69) is 15.4 Å². The fraction of sp³-hybridized carbons (Fsp3) is 0.176. The smallest absolute Gasteiger partial charge is 0.242 e. The highest BCUT2D eigenvalue weighted by Gasteiger charge is 2.22. The minimum Gasteiger partial charge on any atom is -0.326 e. The summed E-state index contributed by atoms with van der Waals surface area (Å²) in [4.78, 5) is 23.1. The lowest BCUT2D eigenvalue weighted by molar-refractivity contribution is -0.117. The van der Waals surface area contributed by atoms with Crippen LogP contribution in [0.25, 0.3) is 0 Å². The molecule has 2 rings (SSSR count). The molecule has 2 aromatic rings. The summed E-state index contributed by atoms with van der Waals surface area (Å²) < 4.78 is 27.1. The molecule has 3 N–H and O–H groups in total. The summed E-state index contributed by atoms with van der Waals surface area (Å²) in [5, 5.41) is 5.67. The number of nitrogens with one attached hydrogen (secondary N) is 3. The molecule has 7 nitrogen and oxygen atoms in total. The normalized spacial score (nSPS) is 12.3. The zero-order valence-corrected chi connectivity index (χ0v) is 15.7. The van der Waals surface area contributed by atoms with Crippen molar-refractivity contribution in [1.29, 1.82) is 0 Å². The van der Waals surface area contributed by atoms with Gasteiger partial charge in [0.25, 0.3) is 0 Å². The monoisotopic (exact) mass is 395 g/mol. The first-order valence-electron chi connectivity index (χ1n) is 7.64. The average molecular weight is 396 g/mol. The minimum atomic E-state index is -3.89. The van der Waals surface area contributed by atoms with E-state index in [0.717, 1.165) is 0 Å². The maximum absolute atomic E-state index is 12.4. The first-order valence-corrected chi connectivity index (χ1v) is 9.50. The molecule has 26 heavy (non-hydrogen) atoms. The Morgan fingerprint density at radius 1 is 0.923 bits per heavy atom. The van der Waals surface area contributed by atoms with Gasteiger partial charge >= 0.3 is 0 Å². The highest BCUT2D eigenvalue weighted by molar-refractivity contribution is 7.89. The highest BCUT2D eigenvalue weighted by Crippen LogP contribution is 2.16. The fourth-order valence-corrected chi connectivity index (χ4v) is 3.39. The van der Waals surface area contributed by atoms with Crippen LogP contribution >= 0.6 is 11.6 Å². The maximum Gasteiger partial charge on any atom is 0.242 e. The standard InChI is InChI=1S/C17H18ClN3O4S/c1-11(17(23)20-15-5-3-13(18)4-6-15)21-26(24,25)16-9-7-14(8-10-16)19-12(2)22/h3-11,21H,1-2H3,(H,19,22)(H,20,23). The maximum atomic E-state index is 12.4. The van der Waals surface area contributed by atoms with E-state index in [9.17, 15) is 18.0 Å². The molecule has 0 fully saturated rings. The summed E-state index contributed by atoms with van der Waals surface area (Å²) in [6.45, 7) is 2.79. The van der Waals surface area contributed by atoms with Gasteiger partial charge in [0, 0.05) is 23.3 Å². The van der Waals surface area contributed by atoms with E-state index in [1.54, 1.807) is 24.3 Å². The van der Waals surface area contributed by atoms with Crippen LogP contribution < -0.4 is 15.4 Å². The summed E-state index contributed by atoms with van der Waals surface area (Å²) in [7, 11) is -3.89. The third kappa shape index (κ3) is 5.55. The molecule has 2 aromatic carbocycles. The van der Waals surface area contributed by atoms with E-state index in [4.69, 9.17) is 11.6 Å². The topological polar surface area (TPSA) is 104 Å². The van der Waals surface area contributed by atoms with Gasteiger partial charge in [-0.2, -0.15) is 4.72 Å². The molecule has 9 heteroatoms. The van der Waals surface area contributed by atoms with Crippen LogP contribution in [-0.4, -0.2) is 26.3 Å². The third-order valence-corrected chi connectivity index (χ3v) is 5.13. The van der Waals surface area contributed by atoms with Crippen LogP contribution in [0.5, 0.6) is 0 Å². The summed E-state index contributed by atoms with van der Waals surface area (Å²) in [6.07, 6.45) is 0. The summed E-state index contributed by atoms with van der Waals surface area (Å²) >= 11 is 5.78. The van der Waals surface area contributed by atoms with Gasteiger partial charge in [0.1, 0.15) is 0 Å². The molecule has 0 spiro atoms. The Labute approximate surface area is 156 Å². The van der Waals surface area contributed by atoms with Gasteiger partial charge in [-0.15, -0.1) is 0 Å². The van der Waals surface area contributed by atoms with Crippen molar-refractivity contribution < 1.29 is 18.0 Å². The van der Waals surface area contributed by atoms with Crippen molar-refractivity contribution in [1.82, 2.24) is 4.72 Å². The van der Waals surface area contributed by atoms with Crippen LogP contribution in [0.3, 0.4) is 0 Å². The number of amides is 2. The molecule has 138 valence electrons. The second-order valence-electron chi connectivity index (χ2n) is 5.54. The molecule has 0 aliphatic heterocycles. The minimum absolute atomic E-state index is 0.0160. The Morgan fingerprint density at radius 3 is 1.96 bits per heavy atom. The van der Waals surface area contributed by atoms with Crippen LogP contribution in [0.2, 0.25) is 5.02 Å². The van der Waals surface area contributed by atoms with Crippen LogP contribution in [-0.2, 0) is 19.6 Å². The second-order valence-corrected chi connectivity index (χ2v) is 7.70. The van der Waals surface area contributed by atoms with Gasteiger partial charge in [-0.05, 0) is 55.5 Å². The summed E-state index contributed by atoms with van der Waals surface area (Å²) in [5.41, 5.74) is 0.982. The zero-order chi connectivity index (χ0) is 19.3. The van der Waals surface area contributed by atoms with Crippen molar-refractivity contribution >= 4 is 44.8 Å². The van der Waals surface area contributed by atoms with Gasteiger partial charge in [0.2, 0.25) is 21.8 Å². The molecule has 0 saturated heterocycles. The van der Waals surface area contributed by atoms with E-state index < -0.39 is 22.0 Å². The number of sulfonamides is 1. The summed E-state index contributed by atoms with van der Waals surface area (Å²) in [5.74, 6) is -0.767. The predicted octanol–water partition coefficient (Wildman–Crippen LogP) is 2.60. The molecule has 0 bridgehead atoms. The molecule has 0 aromatic heterocycles. The average Bonchev–Trinajstić information content (AvgIpc) is 2.56. The van der Waals surface area contributed by atoms with Crippen LogP contribution in [0.15, 0.2) is 53.4 Å². The van der Waals surface area contributed by atoms with Gasteiger partial charge in [-0.3, -0.25) is 9.59 Å². The Hall–Kier alpha value is -2.42. The number of rotatable bonds is 6. The van der Waals surface area contributed by atoms with Crippen molar-refractivity contribution in [2.75, 3.05) is 10.6 Å². The number of carbonyl (C=O) groups excluding carboxylic acids is 2. The van der Waals surface area contributed by atoms with Crippen LogP contribution in [0, 0.1) is 0 Å². The van der Waals surface area contributed by atoms with E-state index in [1.807, 2.05) is 0 Å². The van der Waals surface area contributed by atoms with Crippen molar-refractivity contribution in [2.24, 2.45) is 0 Å². The molecule has 0 heterocycles. The molecule has 1 unspecified atom stereocenters. The van der Waals surface area contributed by atoms with Crippen LogP contribution in [0.1, 0.15) is 13.8 Å². The zero-order valence-electron chi connectivity index (χ0n) is 14.1. The number of hydrogen-bond donors (Lipinski definition) is 3. The summed E-state index contributed by atoms with van der Waals surface area (Å²) in [6, 6.07) is 11.1. The van der Waals surface area contributed by atoms with Gasteiger partial charge in [-0.1, -0.05) is 11.6 Å². The number of halogens is 1. The van der Waals surface area contributed by atoms with Crippen molar-refractivity contribution in [3.05, 3.63) is 53.6 Å². The van der Waals surface area contributed by atoms with Crippen molar-refractivity contribution in [3.63, 3.8) is 0 Å². The lowest BCUT2D eigenvalue weighted by Crippen LogP contribution is -2.41. The Bertz CT molecular complexity index is 897. The largest absolute Gasteiger partial charge is 0.326 e. The molecular formula is C17H18ClN3O4S. The fourth-order valence-electron chi connectivity index (χ4n) is 2.06. The molecule has 0 saturated carbocycles. The quantitative estimate of drug-likeness (QED) is 0.699. The predicted molar refractivity (Wildman–Crippen MR) is 101 cm³/mol. The van der Waals surface area contributed by atoms with Crippen molar-refractivity contribution in [3.8, 4) is 0 Å². The number of anilines is 2. The van der Waals surface area contributed by atoms with E-state index in [-0.39, 0.29) is 10.8 Å². The lowest BCUT2D eigenvalue weighted by Gasteiger charge is -2.15. The SMILES string of the molecule is CC(=O)Nc1ccc(S(=O)(=O)NC(C)C(=O)Nc2ccc(Cl)cc2)cc1. The van der Waals surface area contributed by atoms with Gasteiger partial charge in [-0.25, -0.2) is 8.42 Å². The first-order chi connectivity index (χ1) is 12.2. The molecule has 0 aliphatic carbocycles. The molecule has 0 aliphatic rings. The van der Waals surface area contributed by atoms with E-state index in [0.29, 0.717) is 16.4 Å². The van der Waals surface area contributed by atoms with Gasteiger partial charge in [0.05, 0.1) is 10.9 Å². The lowest BCUT2D eigenvalue weighted by atomic mass is 10.3. The third-order valence-electron chi connectivity index (χ3n) is 3.32. The molecular weight excluding hydrogens is 378 g/mol. The Morgan fingerprint density at radius 2 is 1.42 bits per heavy atom. The van der Waals surface area contributed by atoms with Gasteiger partial charge < -0.3 is 10.6 Å². The number of carbonyl (C=O) groups is 2. The Kier molecular flexibility index (Phi) is 6.36.